The number of nitrogens with one attached hydrogen (secondary N) is 2. The summed E-state index contributed by atoms with van der Waals surface area (Å²) in [5, 5.41) is 14.7. The van der Waals surface area contributed by atoms with Crippen LogP contribution in [-0.4, -0.2) is 40.2 Å². The molecule has 0 atom stereocenters. The summed E-state index contributed by atoms with van der Waals surface area (Å²) in [7, 11) is 0. The van der Waals surface area contributed by atoms with Gasteiger partial charge in [-0.05, 0) is 42.0 Å². The molecule has 2 amide bonds. The molecule has 34 heavy (non-hydrogen) atoms. The van der Waals surface area contributed by atoms with Crippen molar-refractivity contribution >= 4 is 34.4 Å². The van der Waals surface area contributed by atoms with Crippen molar-refractivity contribution in [3.63, 3.8) is 0 Å². The Bertz CT molecular complexity index is 1250. The van der Waals surface area contributed by atoms with Crippen LogP contribution in [0.1, 0.15) is 51.7 Å². The summed E-state index contributed by atoms with van der Waals surface area (Å²) in [5.41, 5.74) is 4.32. The standard InChI is InChI=1S/C25H23N3O5S/c1-14-21(22(31)28-25(10-11-25)12-20(29)30)34-23(26-14)27-24(32)33-13-19-17-8-4-2-6-15(17)16-7-3-5-9-18(16)19/h2-9,19H,10-13H2,1H3,(H,28,31)(H,29,30)(H,26,27,32). The first-order chi connectivity index (χ1) is 16.3. The van der Waals surface area contributed by atoms with E-state index in [2.05, 4.69) is 27.8 Å². The highest BCUT2D eigenvalue weighted by Gasteiger charge is 2.46. The number of nitrogens with zero attached hydrogens (tertiary/aromatic N) is 1. The molecule has 8 nitrogen and oxygen atoms in total. The van der Waals surface area contributed by atoms with Crippen molar-refractivity contribution in [2.75, 3.05) is 11.9 Å². The Labute approximate surface area is 200 Å². The summed E-state index contributed by atoms with van der Waals surface area (Å²) < 4.78 is 5.54. The molecular formula is C25H23N3O5S. The van der Waals surface area contributed by atoms with Crippen molar-refractivity contribution in [1.82, 2.24) is 10.3 Å². The largest absolute Gasteiger partial charge is 0.481 e. The second-order valence-corrected chi connectivity index (χ2v) is 9.69. The highest BCUT2D eigenvalue weighted by Crippen LogP contribution is 2.44. The summed E-state index contributed by atoms with van der Waals surface area (Å²) in [4.78, 5) is 40.8. The lowest BCUT2D eigenvalue weighted by atomic mass is 9.98. The van der Waals surface area contributed by atoms with E-state index >= 15 is 0 Å². The second-order valence-electron chi connectivity index (χ2n) is 8.69. The summed E-state index contributed by atoms with van der Waals surface area (Å²) in [6, 6.07) is 16.2. The van der Waals surface area contributed by atoms with Gasteiger partial charge in [0.1, 0.15) is 11.5 Å². The summed E-state index contributed by atoms with van der Waals surface area (Å²) >= 11 is 1.04. The van der Waals surface area contributed by atoms with Gasteiger partial charge in [0, 0.05) is 5.92 Å². The summed E-state index contributed by atoms with van der Waals surface area (Å²) in [5.74, 6) is -1.38. The van der Waals surface area contributed by atoms with Gasteiger partial charge in [0.05, 0.1) is 17.7 Å². The third-order valence-electron chi connectivity index (χ3n) is 6.28. The summed E-state index contributed by atoms with van der Waals surface area (Å²) in [6.07, 6.45) is 0.510. The van der Waals surface area contributed by atoms with Crippen LogP contribution in [0, 0.1) is 6.92 Å². The van der Waals surface area contributed by atoms with E-state index in [1.165, 1.54) is 0 Å². The number of fused-ring (bicyclic) bond motifs is 3. The van der Waals surface area contributed by atoms with Crippen LogP contribution in [0.15, 0.2) is 48.5 Å². The number of hydrogen-bond acceptors (Lipinski definition) is 6. The van der Waals surface area contributed by atoms with Gasteiger partial charge in [-0.15, -0.1) is 0 Å². The molecule has 174 valence electrons. The van der Waals surface area contributed by atoms with Gasteiger partial charge in [-0.2, -0.15) is 0 Å². The number of carbonyl (C=O) groups excluding carboxylic acids is 2. The molecule has 0 radical (unpaired) electrons. The molecule has 1 heterocycles. The Balaban J connectivity index is 1.22. The molecule has 5 rings (SSSR count). The first kappa shape index (κ1) is 22.1. The maximum absolute atomic E-state index is 12.7. The Kier molecular flexibility index (Phi) is 5.57. The van der Waals surface area contributed by atoms with E-state index in [9.17, 15) is 14.4 Å². The van der Waals surface area contributed by atoms with Gasteiger partial charge < -0.3 is 15.2 Å². The zero-order valence-electron chi connectivity index (χ0n) is 18.5. The number of rotatable bonds is 7. The van der Waals surface area contributed by atoms with Crippen molar-refractivity contribution in [2.24, 2.45) is 0 Å². The number of thiazole rings is 1. The molecule has 2 aromatic carbocycles. The predicted molar refractivity (Wildman–Crippen MR) is 127 cm³/mol. The van der Waals surface area contributed by atoms with E-state index in [0.717, 1.165) is 33.6 Å². The average molecular weight is 478 g/mol. The van der Waals surface area contributed by atoms with Gasteiger partial charge >= 0.3 is 12.1 Å². The van der Waals surface area contributed by atoms with Crippen LogP contribution in [-0.2, 0) is 9.53 Å². The van der Waals surface area contributed by atoms with Crippen molar-refractivity contribution in [2.45, 2.75) is 37.6 Å². The number of benzene rings is 2. The molecule has 0 aliphatic heterocycles. The van der Waals surface area contributed by atoms with Crippen molar-refractivity contribution in [1.29, 1.82) is 0 Å². The molecule has 2 aliphatic carbocycles. The lowest BCUT2D eigenvalue weighted by molar-refractivity contribution is -0.137. The summed E-state index contributed by atoms with van der Waals surface area (Å²) in [6.45, 7) is 1.85. The van der Waals surface area contributed by atoms with Crippen LogP contribution < -0.4 is 10.6 Å². The number of anilines is 1. The van der Waals surface area contributed by atoms with Gasteiger partial charge in [0.25, 0.3) is 5.91 Å². The minimum atomic E-state index is -0.948. The van der Waals surface area contributed by atoms with E-state index in [4.69, 9.17) is 9.84 Å². The van der Waals surface area contributed by atoms with E-state index in [1.54, 1.807) is 6.92 Å². The first-order valence-electron chi connectivity index (χ1n) is 11.0. The first-order valence-corrected chi connectivity index (χ1v) is 11.8. The molecule has 1 fully saturated rings. The molecule has 0 bridgehead atoms. The second kappa shape index (κ2) is 8.57. The molecule has 3 aromatic rings. The number of amides is 2. The molecule has 9 heteroatoms. The van der Waals surface area contributed by atoms with Gasteiger partial charge in [0.15, 0.2) is 5.13 Å². The molecular weight excluding hydrogens is 454 g/mol. The number of carboxylic acid groups (broad SMARTS) is 1. The number of hydrogen-bond donors (Lipinski definition) is 3. The van der Waals surface area contributed by atoms with Gasteiger partial charge in [0.2, 0.25) is 0 Å². The fourth-order valence-electron chi connectivity index (χ4n) is 4.47. The molecule has 2 aliphatic rings. The number of ether oxygens (including phenoxy) is 1. The number of aliphatic carboxylic acids is 1. The van der Waals surface area contributed by atoms with Crippen LogP contribution in [0.25, 0.3) is 11.1 Å². The molecule has 1 aromatic heterocycles. The minimum absolute atomic E-state index is 0.0542. The maximum atomic E-state index is 12.7. The number of carbonyl (C=O) groups is 3. The third-order valence-corrected chi connectivity index (χ3v) is 7.35. The number of aromatic nitrogens is 1. The van der Waals surface area contributed by atoms with Crippen LogP contribution >= 0.6 is 11.3 Å². The number of carboxylic acids is 1. The normalized spacial score (nSPS) is 15.2. The lowest BCUT2D eigenvalue weighted by Crippen LogP contribution is -2.38. The fraction of sp³-hybridized carbons (Fsp3) is 0.280. The molecule has 1 saturated carbocycles. The SMILES string of the molecule is Cc1nc(NC(=O)OCC2c3ccccc3-c3ccccc32)sc1C(=O)NC1(CC(=O)O)CC1. The van der Waals surface area contributed by atoms with E-state index in [0.29, 0.717) is 23.4 Å². The van der Waals surface area contributed by atoms with Crippen LogP contribution in [0.5, 0.6) is 0 Å². The lowest BCUT2D eigenvalue weighted by Gasteiger charge is -2.14. The van der Waals surface area contributed by atoms with Crippen molar-refractivity contribution in [3.05, 3.63) is 70.2 Å². The van der Waals surface area contributed by atoms with Crippen molar-refractivity contribution < 1.29 is 24.2 Å². The molecule has 0 unspecified atom stereocenters. The number of aryl methyl sites for hydroxylation is 1. The zero-order chi connectivity index (χ0) is 23.9. The minimum Gasteiger partial charge on any atom is -0.481 e. The highest BCUT2D eigenvalue weighted by atomic mass is 32.1. The van der Waals surface area contributed by atoms with E-state index in [-0.39, 0.29) is 30.0 Å². The smallest absolute Gasteiger partial charge is 0.413 e. The Hall–Kier alpha value is -3.72. The molecule has 0 spiro atoms. The Morgan fingerprint density at radius 1 is 1.09 bits per heavy atom. The Morgan fingerprint density at radius 2 is 1.71 bits per heavy atom. The van der Waals surface area contributed by atoms with E-state index in [1.807, 2.05) is 36.4 Å². The third kappa shape index (κ3) is 4.26. The Morgan fingerprint density at radius 3 is 2.29 bits per heavy atom. The van der Waals surface area contributed by atoms with Crippen LogP contribution in [0.2, 0.25) is 0 Å². The quantitative estimate of drug-likeness (QED) is 0.460. The maximum Gasteiger partial charge on any atom is 0.413 e. The van der Waals surface area contributed by atoms with Crippen LogP contribution in [0.4, 0.5) is 9.93 Å². The van der Waals surface area contributed by atoms with Crippen molar-refractivity contribution in [3.8, 4) is 11.1 Å². The zero-order valence-corrected chi connectivity index (χ0v) is 19.3. The van der Waals surface area contributed by atoms with Crippen LogP contribution in [0.3, 0.4) is 0 Å². The fourth-order valence-corrected chi connectivity index (χ4v) is 5.31. The predicted octanol–water partition coefficient (Wildman–Crippen LogP) is 4.55. The topological polar surface area (TPSA) is 118 Å². The highest BCUT2D eigenvalue weighted by molar-refractivity contribution is 7.17. The van der Waals surface area contributed by atoms with E-state index < -0.39 is 17.6 Å². The van der Waals surface area contributed by atoms with Gasteiger partial charge in [-0.25, -0.2) is 9.78 Å². The molecule has 0 saturated heterocycles. The molecule has 3 N–H and O–H groups in total. The average Bonchev–Trinajstić information content (AvgIpc) is 3.31. The monoisotopic (exact) mass is 477 g/mol. The van der Waals surface area contributed by atoms with Gasteiger partial charge in [-0.3, -0.25) is 14.9 Å². The van der Waals surface area contributed by atoms with Gasteiger partial charge in [-0.1, -0.05) is 59.9 Å².